The largest absolute Gasteiger partial charge is 0.494 e. The molecule has 4 nitrogen and oxygen atoms in total. The van der Waals surface area contributed by atoms with Gasteiger partial charge in [-0.3, -0.25) is 0 Å². The Bertz CT molecular complexity index is 1450. The quantitative estimate of drug-likeness (QED) is 0.0338. The van der Waals surface area contributed by atoms with E-state index < -0.39 is 0 Å². The lowest BCUT2D eigenvalue weighted by atomic mass is 9.85. The second-order valence-electron chi connectivity index (χ2n) is 17.3. The molecule has 0 radical (unpaired) electrons. The number of hydrogen-bond acceptors (Lipinski definition) is 4. The van der Waals surface area contributed by atoms with Crippen molar-refractivity contribution in [1.82, 2.24) is 0 Å². The second kappa shape index (κ2) is 32.5. The van der Waals surface area contributed by atoms with Gasteiger partial charge in [0.15, 0.2) is 0 Å². The van der Waals surface area contributed by atoms with Crippen LogP contribution in [-0.2, 0) is 0 Å². The molecule has 0 saturated heterocycles. The number of ether oxygens (including phenoxy) is 4. The highest BCUT2D eigenvalue weighted by Crippen LogP contribution is 2.39. The zero-order valence-corrected chi connectivity index (χ0v) is 39.7. The molecule has 4 heteroatoms. The zero-order chi connectivity index (χ0) is 43.7. The first-order valence-corrected chi connectivity index (χ1v) is 25.3. The van der Waals surface area contributed by atoms with Gasteiger partial charge in [-0.05, 0) is 108 Å². The van der Waals surface area contributed by atoms with E-state index in [2.05, 4.69) is 125 Å². The van der Waals surface area contributed by atoms with Gasteiger partial charge in [-0.2, -0.15) is 0 Å². The molecule has 0 amide bonds. The van der Waals surface area contributed by atoms with Crippen LogP contribution in [0.3, 0.4) is 0 Å². The van der Waals surface area contributed by atoms with Gasteiger partial charge >= 0.3 is 0 Å². The van der Waals surface area contributed by atoms with E-state index in [4.69, 9.17) is 18.9 Å². The lowest BCUT2D eigenvalue weighted by molar-refractivity contribution is 0.304. The minimum atomic E-state index is 0.750. The van der Waals surface area contributed by atoms with Gasteiger partial charge in [0, 0.05) is 0 Å². The Morgan fingerprint density at radius 2 is 0.419 bits per heavy atom. The van der Waals surface area contributed by atoms with Gasteiger partial charge in [-0.25, -0.2) is 0 Å². The Hall–Kier alpha value is -4.18. The predicted molar refractivity (Wildman–Crippen MR) is 266 cm³/mol. The van der Waals surface area contributed by atoms with Crippen LogP contribution in [0.5, 0.6) is 23.0 Å². The van der Waals surface area contributed by atoms with Crippen molar-refractivity contribution in [2.24, 2.45) is 0 Å². The van der Waals surface area contributed by atoms with Crippen LogP contribution in [0.4, 0.5) is 0 Å². The third-order valence-corrected chi connectivity index (χ3v) is 11.9. The van der Waals surface area contributed by atoms with Gasteiger partial charge in [-0.15, -0.1) is 0 Å². The first kappa shape index (κ1) is 50.5. The van der Waals surface area contributed by atoms with Crippen molar-refractivity contribution in [3.05, 3.63) is 119 Å². The smallest absolute Gasteiger partial charge is 0.119 e. The predicted octanol–water partition coefficient (Wildman–Crippen LogP) is 17.7. The van der Waals surface area contributed by atoms with Crippen molar-refractivity contribution in [3.8, 4) is 23.0 Å². The molecule has 0 aliphatic rings. The summed E-state index contributed by atoms with van der Waals surface area (Å²) in [6, 6.07) is 34.9. The van der Waals surface area contributed by atoms with E-state index in [1.165, 1.54) is 128 Å². The van der Waals surface area contributed by atoms with Crippen LogP contribution >= 0.6 is 0 Å². The van der Waals surface area contributed by atoms with Crippen molar-refractivity contribution in [3.63, 3.8) is 0 Å². The molecule has 0 saturated carbocycles. The molecule has 62 heavy (non-hydrogen) atoms. The van der Waals surface area contributed by atoms with Crippen molar-refractivity contribution in [2.75, 3.05) is 26.4 Å². The Kier molecular flexibility index (Phi) is 26.4. The van der Waals surface area contributed by atoms with E-state index in [0.29, 0.717) is 0 Å². The van der Waals surface area contributed by atoms with Gasteiger partial charge in [0.1, 0.15) is 23.0 Å². The molecule has 340 valence electrons. The van der Waals surface area contributed by atoms with Crippen LogP contribution in [0.25, 0.3) is 11.1 Å². The van der Waals surface area contributed by atoms with Crippen molar-refractivity contribution in [2.45, 2.75) is 182 Å². The summed E-state index contributed by atoms with van der Waals surface area (Å²) >= 11 is 0. The Labute approximate surface area is 379 Å². The molecule has 0 bridgehead atoms. The van der Waals surface area contributed by atoms with Gasteiger partial charge in [0.2, 0.25) is 0 Å². The molecule has 0 aliphatic carbocycles. The minimum absolute atomic E-state index is 0.750. The van der Waals surface area contributed by atoms with Crippen LogP contribution in [-0.4, -0.2) is 26.4 Å². The Balaban J connectivity index is 1.64. The fraction of sp³-hybridized carbons (Fsp3) is 0.552. The third kappa shape index (κ3) is 19.9. The van der Waals surface area contributed by atoms with E-state index in [1.807, 2.05) is 0 Å². The molecule has 0 unspecified atom stereocenters. The highest BCUT2D eigenvalue weighted by atomic mass is 16.5. The van der Waals surface area contributed by atoms with Crippen LogP contribution in [0.1, 0.15) is 204 Å². The van der Waals surface area contributed by atoms with Gasteiger partial charge < -0.3 is 18.9 Å². The van der Waals surface area contributed by atoms with Crippen molar-refractivity contribution >= 4 is 11.1 Å². The molecular formula is C58H84O4. The molecule has 0 heterocycles. The summed E-state index contributed by atoms with van der Waals surface area (Å²) in [5, 5.41) is 0. The molecule has 4 aromatic carbocycles. The highest BCUT2D eigenvalue weighted by Gasteiger charge is 2.18. The van der Waals surface area contributed by atoms with Crippen LogP contribution in [0.15, 0.2) is 97.1 Å². The molecule has 0 spiro atoms. The average molecular weight is 845 g/mol. The fourth-order valence-electron chi connectivity index (χ4n) is 8.07. The molecular weight excluding hydrogens is 761 g/mol. The molecule has 0 atom stereocenters. The average Bonchev–Trinajstić information content (AvgIpc) is 3.31. The molecule has 0 N–H and O–H groups in total. The summed E-state index contributed by atoms with van der Waals surface area (Å²) in [7, 11) is 0. The summed E-state index contributed by atoms with van der Waals surface area (Å²) in [5.41, 5.74) is 6.88. The monoisotopic (exact) mass is 845 g/mol. The van der Waals surface area contributed by atoms with Gasteiger partial charge in [0.05, 0.1) is 26.4 Å². The van der Waals surface area contributed by atoms with E-state index >= 15 is 0 Å². The Morgan fingerprint density at radius 3 is 0.613 bits per heavy atom. The maximum atomic E-state index is 6.27. The van der Waals surface area contributed by atoms with E-state index in [0.717, 1.165) is 109 Å². The maximum Gasteiger partial charge on any atom is 0.119 e. The van der Waals surface area contributed by atoms with Gasteiger partial charge in [-0.1, -0.05) is 205 Å². The van der Waals surface area contributed by atoms with E-state index in [1.54, 1.807) is 0 Å². The SMILES string of the molecule is CCCCCCCCOc1ccc(C(=C(c2ccc(OCCCCCCCC)cc2)c2ccc(OCCCCCCCC)cc2)c2ccc(OCCCCCCCC)cc2)cc1. The lowest BCUT2D eigenvalue weighted by Crippen LogP contribution is -2.01. The van der Waals surface area contributed by atoms with Gasteiger partial charge in [0.25, 0.3) is 0 Å². The molecule has 0 aliphatic heterocycles. The second-order valence-corrected chi connectivity index (χ2v) is 17.3. The first-order chi connectivity index (χ1) is 30.7. The lowest BCUT2D eigenvalue weighted by Gasteiger charge is -2.19. The summed E-state index contributed by atoms with van der Waals surface area (Å²) in [6.07, 6.45) is 30.0. The van der Waals surface area contributed by atoms with Crippen LogP contribution in [0.2, 0.25) is 0 Å². The topological polar surface area (TPSA) is 36.9 Å². The summed E-state index contributed by atoms with van der Waals surface area (Å²) in [6.45, 7) is 12.1. The number of benzene rings is 4. The molecule has 0 aromatic heterocycles. The highest BCUT2D eigenvalue weighted by molar-refractivity contribution is 6.04. The third-order valence-electron chi connectivity index (χ3n) is 11.9. The van der Waals surface area contributed by atoms with E-state index in [-0.39, 0.29) is 0 Å². The molecule has 0 fully saturated rings. The number of unbranched alkanes of at least 4 members (excludes halogenated alkanes) is 20. The molecule has 4 rings (SSSR count). The summed E-state index contributed by atoms with van der Waals surface area (Å²) in [5.74, 6) is 3.67. The summed E-state index contributed by atoms with van der Waals surface area (Å²) in [4.78, 5) is 0. The van der Waals surface area contributed by atoms with Crippen molar-refractivity contribution < 1.29 is 18.9 Å². The minimum Gasteiger partial charge on any atom is -0.494 e. The normalized spacial score (nSPS) is 11.1. The maximum absolute atomic E-state index is 6.27. The van der Waals surface area contributed by atoms with Crippen LogP contribution < -0.4 is 18.9 Å². The standard InChI is InChI=1S/C58H84O4/c1-5-9-13-17-21-25-45-59-53-37-29-49(30-38-53)57(50-31-39-54(40-32-50)60-46-26-22-18-14-10-6-2)58(51-33-41-55(42-34-51)61-47-27-23-19-15-11-7-3)52-35-43-56(44-36-52)62-48-28-24-20-16-12-8-4/h29-44H,5-28,45-48H2,1-4H3. The Morgan fingerprint density at radius 1 is 0.242 bits per heavy atom. The zero-order valence-electron chi connectivity index (χ0n) is 39.7. The van der Waals surface area contributed by atoms with Crippen LogP contribution in [0, 0.1) is 0 Å². The number of hydrogen-bond donors (Lipinski definition) is 0. The number of rotatable bonds is 36. The fourth-order valence-corrected chi connectivity index (χ4v) is 8.07. The summed E-state index contributed by atoms with van der Waals surface area (Å²) < 4.78 is 25.1. The first-order valence-electron chi connectivity index (χ1n) is 25.3. The molecule has 4 aromatic rings. The van der Waals surface area contributed by atoms with E-state index in [9.17, 15) is 0 Å². The van der Waals surface area contributed by atoms with Crippen molar-refractivity contribution in [1.29, 1.82) is 0 Å².